The van der Waals surface area contributed by atoms with Gasteiger partial charge in [-0.3, -0.25) is 9.59 Å². The summed E-state index contributed by atoms with van der Waals surface area (Å²) in [7, 11) is 0. The molecule has 4 heterocycles. The monoisotopic (exact) mass is 350 g/mol. The standard InChI is InChI=1S/C18H26N2O3S/c1-17(2,3)10-20-11-18-5-4-12(23-18)13(14(18)16(20)22)15(21)19-6-8-24-9-7-19/h4-5,12-14H,6-11H2,1-3H3/t12-,13?,14?,18-/m0/s1. The molecule has 4 aliphatic rings. The first-order chi connectivity index (χ1) is 11.3. The number of carbonyl (C=O) groups is 2. The number of amides is 2. The molecule has 4 aliphatic heterocycles. The smallest absolute Gasteiger partial charge is 0.230 e. The number of carbonyl (C=O) groups excluding carboxylic acids is 2. The maximum absolute atomic E-state index is 13.1. The zero-order valence-corrected chi connectivity index (χ0v) is 15.5. The summed E-state index contributed by atoms with van der Waals surface area (Å²) in [6.45, 7) is 9.26. The van der Waals surface area contributed by atoms with Crippen molar-refractivity contribution in [1.82, 2.24) is 9.80 Å². The highest BCUT2D eigenvalue weighted by molar-refractivity contribution is 7.99. The lowest BCUT2D eigenvalue weighted by atomic mass is 9.76. The number of hydrogen-bond acceptors (Lipinski definition) is 4. The molecule has 3 saturated heterocycles. The average Bonchev–Trinajstić information content (AvgIpc) is 3.15. The fraction of sp³-hybridized carbons (Fsp3) is 0.778. The highest BCUT2D eigenvalue weighted by Gasteiger charge is 2.67. The van der Waals surface area contributed by atoms with E-state index in [0.717, 1.165) is 24.6 Å². The van der Waals surface area contributed by atoms with E-state index in [9.17, 15) is 9.59 Å². The van der Waals surface area contributed by atoms with Crippen molar-refractivity contribution in [2.45, 2.75) is 32.5 Å². The van der Waals surface area contributed by atoms with Gasteiger partial charge in [0, 0.05) is 31.1 Å². The Morgan fingerprint density at radius 3 is 2.75 bits per heavy atom. The largest absolute Gasteiger partial charge is 0.360 e. The fourth-order valence-electron chi connectivity index (χ4n) is 4.56. The van der Waals surface area contributed by atoms with Gasteiger partial charge in [0.05, 0.1) is 24.5 Å². The van der Waals surface area contributed by atoms with Crippen LogP contribution in [0.15, 0.2) is 12.2 Å². The molecule has 0 N–H and O–H groups in total. The van der Waals surface area contributed by atoms with Crippen LogP contribution < -0.4 is 0 Å². The molecule has 6 heteroatoms. The van der Waals surface area contributed by atoms with Gasteiger partial charge in [0.1, 0.15) is 5.60 Å². The Morgan fingerprint density at radius 1 is 1.38 bits per heavy atom. The highest BCUT2D eigenvalue weighted by atomic mass is 32.2. The molecule has 132 valence electrons. The molecule has 2 bridgehead atoms. The van der Waals surface area contributed by atoms with Gasteiger partial charge in [0.25, 0.3) is 0 Å². The molecule has 2 amide bonds. The lowest BCUT2D eigenvalue weighted by Gasteiger charge is -2.32. The predicted octanol–water partition coefficient (Wildman–Crippen LogP) is 1.39. The third-order valence-corrected chi connectivity index (χ3v) is 6.39. The van der Waals surface area contributed by atoms with Crippen molar-refractivity contribution in [3.63, 3.8) is 0 Å². The van der Waals surface area contributed by atoms with Crippen molar-refractivity contribution in [2.24, 2.45) is 17.3 Å². The van der Waals surface area contributed by atoms with Crippen LogP contribution in [0.4, 0.5) is 0 Å². The summed E-state index contributed by atoms with van der Waals surface area (Å²) in [4.78, 5) is 30.0. The van der Waals surface area contributed by atoms with E-state index in [0.29, 0.717) is 13.1 Å². The van der Waals surface area contributed by atoms with E-state index in [-0.39, 0.29) is 35.2 Å². The minimum absolute atomic E-state index is 0.0380. The summed E-state index contributed by atoms with van der Waals surface area (Å²) >= 11 is 1.89. The van der Waals surface area contributed by atoms with Gasteiger partial charge in [0.15, 0.2) is 0 Å². The third kappa shape index (κ3) is 2.49. The van der Waals surface area contributed by atoms with Crippen LogP contribution in [0.3, 0.4) is 0 Å². The summed E-state index contributed by atoms with van der Waals surface area (Å²) in [6.07, 6.45) is 3.82. The summed E-state index contributed by atoms with van der Waals surface area (Å²) in [6, 6.07) is 0. The number of likely N-dealkylation sites (tertiary alicyclic amines) is 1. The van der Waals surface area contributed by atoms with Gasteiger partial charge >= 0.3 is 0 Å². The number of hydrogen-bond donors (Lipinski definition) is 0. The molecule has 2 unspecified atom stereocenters. The molecule has 4 atom stereocenters. The fourth-order valence-corrected chi connectivity index (χ4v) is 5.46. The molecule has 24 heavy (non-hydrogen) atoms. The molecule has 3 fully saturated rings. The maximum Gasteiger partial charge on any atom is 0.230 e. The van der Waals surface area contributed by atoms with E-state index >= 15 is 0 Å². The first-order valence-electron chi connectivity index (χ1n) is 8.83. The molecule has 0 aromatic rings. The highest BCUT2D eigenvalue weighted by Crippen LogP contribution is 2.52. The SMILES string of the molecule is CC(C)(C)CN1C[C@]23C=C[C@H](O2)C(C(=O)N2CCSCC2)C3C1=O. The van der Waals surface area contributed by atoms with Crippen LogP contribution in [0.5, 0.6) is 0 Å². The van der Waals surface area contributed by atoms with Crippen molar-refractivity contribution in [1.29, 1.82) is 0 Å². The normalized spacial score (nSPS) is 38.1. The van der Waals surface area contributed by atoms with Gasteiger partial charge in [-0.2, -0.15) is 11.8 Å². The lowest BCUT2D eigenvalue weighted by molar-refractivity contribution is -0.143. The second-order valence-corrected chi connectivity index (χ2v) is 9.82. The molecular weight excluding hydrogens is 324 g/mol. The Bertz CT molecular complexity index is 594. The molecule has 0 saturated carbocycles. The quantitative estimate of drug-likeness (QED) is 0.706. The van der Waals surface area contributed by atoms with E-state index in [1.165, 1.54) is 0 Å². The summed E-state index contributed by atoms with van der Waals surface area (Å²) < 4.78 is 6.20. The van der Waals surface area contributed by atoms with Gasteiger partial charge in [-0.05, 0) is 5.41 Å². The van der Waals surface area contributed by atoms with E-state index in [2.05, 4.69) is 20.8 Å². The summed E-state index contributed by atoms with van der Waals surface area (Å²) in [5.41, 5.74) is -0.534. The van der Waals surface area contributed by atoms with Crippen LogP contribution >= 0.6 is 11.8 Å². The zero-order valence-electron chi connectivity index (χ0n) is 14.7. The molecule has 0 radical (unpaired) electrons. The maximum atomic E-state index is 13.1. The van der Waals surface area contributed by atoms with Crippen LogP contribution in [-0.4, -0.2) is 71.0 Å². The minimum Gasteiger partial charge on any atom is -0.360 e. The first kappa shape index (κ1) is 16.5. The van der Waals surface area contributed by atoms with Crippen LogP contribution in [0.25, 0.3) is 0 Å². The lowest BCUT2D eigenvalue weighted by Crippen LogP contribution is -2.48. The number of ether oxygens (including phenoxy) is 1. The van der Waals surface area contributed by atoms with Crippen molar-refractivity contribution in [2.75, 3.05) is 37.7 Å². The number of nitrogens with zero attached hydrogens (tertiary/aromatic N) is 2. The Balaban J connectivity index is 1.58. The molecule has 0 aromatic heterocycles. The van der Waals surface area contributed by atoms with Gasteiger partial charge in [-0.25, -0.2) is 0 Å². The average molecular weight is 350 g/mol. The topological polar surface area (TPSA) is 49.9 Å². The van der Waals surface area contributed by atoms with Crippen LogP contribution in [0.1, 0.15) is 20.8 Å². The minimum atomic E-state index is -0.572. The van der Waals surface area contributed by atoms with Crippen LogP contribution in [0, 0.1) is 17.3 Å². The molecule has 0 aromatic carbocycles. The second-order valence-electron chi connectivity index (χ2n) is 8.59. The second kappa shape index (κ2) is 5.49. The van der Waals surface area contributed by atoms with Crippen molar-refractivity contribution >= 4 is 23.6 Å². The summed E-state index contributed by atoms with van der Waals surface area (Å²) in [5.74, 6) is 1.51. The van der Waals surface area contributed by atoms with Crippen molar-refractivity contribution < 1.29 is 14.3 Å². The van der Waals surface area contributed by atoms with Gasteiger partial charge in [0.2, 0.25) is 11.8 Å². The van der Waals surface area contributed by atoms with E-state index in [1.54, 1.807) is 0 Å². The number of fused-ring (bicyclic) bond motifs is 1. The first-order valence-corrected chi connectivity index (χ1v) is 9.99. The zero-order chi connectivity index (χ0) is 17.1. The Kier molecular flexibility index (Phi) is 3.77. The van der Waals surface area contributed by atoms with E-state index in [1.807, 2.05) is 33.7 Å². The Morgan fingerprint density at radius 2 is 2.08 bits per heavy atom. The van der Waals surface area contributed by atoms with E-state index in [4.69, 9.17) is 4.74 Å². The van der Waals surface area contributed by atoms with Gasteiger partial charge < -0.3 is 14.5 Å². The van der Waals surface area contributed by atoms with Gasteiger partial charge in [-0.15, -0.1) is 0 Å². The summed E-state index contributed by atoms with van der Waals surface area (Å²) in [5, 5.41) is 0. The molecule has 5 nitrogen and oxygen atoms in total. The molecule has 1 spiro atoms. The number of thioether (sulfide) groups is 1. The molecule has 4 rings (SSSR count). The third-order valence-electron chi connectivity index (χ3n) is 5.45. The molecule has 0 aliphatic carbocycles. The molecular formula is C18H26N2O3S. The van der Waals surface area contributed by atoms with Crippen LogP contribution in [0.2, 0.25) is 0 Å². The van der Waals surface area contributed by atoms with Gasteiger partial charge in [-0.1, -0.05) is 32.9 Å². The van der Waals surface area contributed by atoms with Crippen molar-refractivity contribution in [3.8, 4) is 0 Å². The Labute approximate surface area is 147 Å². The van der Waals surface area contributed by atoms with Crippen LogP contribution in [-0.2, 0) is 14.3 Å². The van der Waals surface area contributed by atoms with E-state index < -0.39 is 5.60 Å². The number of rotatable bonds is 2. The predicted molar refractivity (Wildman–Crippen MR) is 93.7 cm³/mol. The Hall–Kier alpha value is -1.01. The van der Waals surface area contributed by atoms with Crippen molar-refractivity contribution in [3.05, 3.63) is 12.2 Å².